The van der Waals surface area contributed by atoms with Gasteiger partial charge in [-0.25, -0.2) is 4.98 Å². The third kappa shape index (κ3) is 3.85. The van der Waals surface area contributed by atoms with Gasteiger partial charge < -0.3 is 19.5 Å². The molecule has 136 valence electrons. The smallest absolute Gasteiger partial charge is 0.165 e. The highest BCUT2D eigenvalue weighted by Crippen LogP contribution is 2.37. The Morgan fingerprint density at radius 3 is 2.77 bits per heavy atom. The van der Waals surface area contributed by atoms with E-state index in [1.54, 1.807) is 29.8 Å². The first-order valence-electron chi connectivity index (χ1n) is 8.44. The summed E-state index contributed by atoms with van der Waals surface area (Å²) in [7, 11) is 1.68. The molecular weight excluding hydrogens is 368 g/mol. The van der Waals surface area contributed by atoms with Crippen molar-refractivity contribution in [3.8, 4) is 17.2 Å². The number of ether oxygens (including phenoxy) is 3. The maximum absolute atomic E-state index is 5.71. The molecule has 0 amide bonds. The molecule has 0 aliphatic carbocycles. The molecule has 26 heavy (non-hydrogen) atoms. The van der Waals surface area contributed by atoms with E-state index >= 15 is 0 Å². The number of fused-ring (bicyclic) bond motifs is 1. The zero-order valence-electron chi connectivity index (χ0n) is 14.4. The van der Waals surface area contributed by atoms with E-state index in [1.807, 2.05) is 23.7 Å². The number of hydrogen-bond donors (Lipinski definition) is 1. The molecule has 3 heterocycles. The van der Waals surface area contributed by atoms with Gasteiger partial charge in [-0.3, -0.25) is 0 Å². The van der Waals surface area contributed by atoms with E-state index in [0.29, 0.717) is 19.8 Å². The lowest BCUT2D eigenvalue weighted by atomic mass is 10.1. The van der Waals surface area contributed by atoms with Crippen LogP contribution in [0.25, 0.3) is 0 Å². The molecule has 0 unspecified atom stereocenters. The van der Waals surface area contributed by atoms with Crippen LogP contribution in [-0.4, -0.2) is 25.3 Å². The van der Waals surface area contributed by atoms with Crippen molar-refractivity contribution in [2.75, 3.05) is 20.3 Å². The number of nitrogens with zero attached hydrogens (tertiary/aromatic N) is 1. The summed E-state index contributed by atoms with van der Waals surface area (Å²) >= 11 is 3.39. The molecule has 1 aliphatic heterocycles. The predicted molar refractivity (Wildman–Crippen MR) is 104 cm³/mol. The van der Waals surface area contributed by atoms with Crippen LogP contribution >= 0.6 is 22.7 Å². The van der Waals surface area contributed by atoms with Crippen molar-refractivity contribution in [1.82, 2.24) is 10.3 Å². The lowest BCUT2D eigenvalue weighted by molar-refractivity contribution is 0.170. The molecular formula is C19H20N2O3S2. The lowest BCUT2D eigenvalue weighted by Crippen LogP contribution is -2.23. The summed E-state index contributed by atoms with van der Waals surface area (Å²) in [5.41, 5.74) is 2.36. The number of aromatic nitrogens is 1. The van der Waals surface area contributed by atoms with Crippen molar-refractivity contribution < 1.29 is 14.2 Å². The number of benzene rings is 1. The zero-order chi connectivity index (χ0) is 17.8. The molecule has 1 atom stereocenters. The number of methoxy groups -OCH3 is 1. The van der Waals surface area contributed by atoms with Crippen molar-refractivity contribution in [1.29, 1.82) is 0 Å². The molecule has 5 nitrogen and oxygen atoms in total. The maximum Gasteiger partial charge on any atom is 0.165 e. The van der Waals surface area contributed by atoms with Crippen LogP contribution in [0, 0.1) is 0 Å². The molecule has 0 saturated carbocycles. The van der Waals surface area contributed by atoms with E-state index < -0.39 is 0 Å². The Labute approximate surface area is 160 Å². The Bertz CT molecular complexity index is 835. The highest BCUT2D eigenvalue weighted by atomic mass is 32.1. The quantitative estimate of drug-likeness (QED) is 0.662. The van der Waals surface area contributed by atoms with Crippen LogP contribution in [0.4, 0.5) is 0 Å². The molecule has 2 aromatic heterocycles. The minimum atomic E-state index is 0.155. The second kappa shape index (κ2) is 8.07. The Morgan fingerprint density at radius 1 is 1.23 bits per heavy atom. The number of hydrogen-bond acceptors (Lipinski definition) is 7. The van der Waals surface area contributed by atoms with E-state index in [-0.39, 0.29) is 6.04 Å². The standard InChI is InChI=1S/C19H20N2O3S2/c1-22-16-10-18-17(23-4-5-24-18)9-14(16)11-21-15(19-20-3-7-26-19)8-13-2-6-25-12-13/h2-3,6-7,9-10,12,15,21H,4-5,8,11H2,1H3/t15-/m0/s1. The third-order valence-corrected chi connectivity index (χ3v) is 5.87. The van der Waals surface area contributed by atoms with Crippen LogP contribution in [0.2, 0.25) is 0 Å². The van der Waals surface area contributed by atoms with E-state index in [2.05, 4.69) is 27.1 Å². The normalized spacial score (nSPS) is 14.2. The summed E-state index contributed by atoms with van der Waals surface area (Å²) in [6.07, 6.45) is 2.76. The van der Waals surface area contributed by atoms with Crippen molar-refractivity contribution in [2.45, 2.75) is 19.0 Å². The number of rotatable bonds is 7. The van der Waals surface area contributed by atoms with Crippen molar-refractivity contribution >= 4 is 22.7 Å². The first-order valence-corrected chi connectivity index (χ1v) is 10.3. The fraction of sp³-hybridized carbons (Fsp3) is 0.316. The highest BCUT2D eigenvalue weighted by Gasteiger charge is 2.19. The minimum absolute atomic E-state index is 0.155. The van der Waals surface area contributed by atoms with Crippen LogP contribution < -0.4 is 19.5 Å². The summed E-state index contributed by atoms with van der Waals surface area (Å²) < 4.78 is 16.9. The fourth-order valence-corrected chi connectivity index (χ4v) is 4.37. The average Bonchev–Trinajstić information content (AvgIpc) is 3.38. The van der Waals surface area contributed by atoms with Crippen LogP contribution in [0.1, 0.15) is 22.2 Å². The maximum atomic E-state index is 5.71. The summed E-state index contributed by atoms with van der Waals surface area (Å²) in [5.74, 6) is 2.32. The molecule has 1 aromatic carbocycles. The number of thiazole rings is 1. The van der Waals surface area contributed by atoms with Crippen LogP contribution in [0.3, 0.4) is 0 Å². The lowest BCUT2D eigenvalue weighted by Gasteiger charge is -2.22. The average molecular weight is 389 g/mol. The molecule has 0 radical (unpaired) electrons. The largest absolute Gasteiger partial charge is 0.496 e. The van der Waals surface area contributed by atoms with Crippen LogP contribution in [0.15, 0.2) is 40.5 Å². The van der Waals surface area contributed by atoms with Gasteiger partial charge in [-0.2, -0.15) is 11.3 Å². The Kier molecular flexibility index (Phi) is 5.38. The first kappa shape index (κ1) is 17.3. The van der Waals surface area contributed by atoms with E-state index in [4.69, 9.17) is 14.2 Å². The van der Waals surface area contributed by atoms with Gasteiger partial charge in [0.15, 0.2) is 11.5 Å². The van der Waals surface area contributed by atoms with Crippen LogP contribution in [0.5, 0.6) is 17.2 Å². The molecule has 3 aromatic rings. The van der Waals surface area contributed by atoms with E-state index in [1.165, 1.54) is 5.56 Å². The van der Waals surface area contributed by atoms with Gasteiger partial charge in [-0.05, 0) is 34.9 Å². The van der Waals surface area contributed by atoms with Gasteiger partial charge >= 0.3 is 0 Å². The Hall–Kier alpha value is -2.09. The summed E-state index contributed by atoms with van der Waals surface area (Å²) in [5, 5.41) is 11.0. The molecule has 0 saturated heterocycles. The van der Waals surface area contributed by atoms with Gasteiger partial charge in [0.05, 0.1) is 13.2 Å². The molecule has 0 spiro atoms. The van der Waals surface area contributed by atoms with Gasteiger partial charge in [0, 0.05) is 29.8 Å². The van der Waals surface area contributed by atoms with Gasteiger partial charge in [0.1, 0.15) is 24.0 Å². The zero-order valence-corrected chi connectivity index (χ0v) is 16.1. The van der Waals surface area contributed by atoms with E-state index in [9.17, 15) is 0 Å². The van der Waals surface area contributed by atoms with Gasteiger partial charge in [0.25, 0.3) is 0 Å². The second-order valence-electron chi connectivity index (χ2n) is 5.95. The molecule has 7 heteroatoms. The summed E-state index contributed by atoms with van der Waals surface area (Å²) in [6.45, 7) is 1.81. The van der Waals surface area contributed by atoms with Gasteiger partial charge in [0.2, 0.25) is 0 Å². The third-order valence-electron chi connectivity index (χ3n) is 4.25. The van der Waals surface area contributed by atoms with Crippen molar-refractivity contribution in [3.63, 3.8) is 0 Å². The summed E-state index contributed by atoms with van der Waals surface area (Å²) in [4.78, 5) is 4.51. The van der Waals surface area contributed by atoms with E-state index in [0.717, 1.165) is 34.2 Å². The second-order valence-corrected chi connectivity index (χ2v) is 7.65. The SMILES string of the molecule is COc1cc2c(cc1CN[C@@H](Cc1ccsc1)c1nccs1)OCCO2. The van der Waals surface area contributed by atoms with Crippen molar-refractivity contribution in [3.05, 3.63) is 56.7 Å². The molecule has 4 rings (SSSR count). The fourth-order valence-electron chi connectivity index (χ4n) is 2.97. The molecule has 1 aliphatic rings. The predicted octanol–water partition coefficient (Wildman–Crippen LogP) is 4.06. The molecule has 1 N–H and O–H groups in total. The first-order chi connectivity index (χ1) is 12.8. The van der Waals surface area contributed by atoms with Gasteiger partial charge in [-0.1, -0.05) is 0 Å². The van der Waals surface area contributed by atoms with Crippen LogP contribution in [-0.2, 0) is 13.0 Å². The number of nitrogens with one attached hydrogen (secondary N) is 1. The van der Waals surface area contributed by atoms with Crippen molar-refractivity contribution in [2.24, 2.45) is 0 Å². The molecule has 0 bridgehead atoms. The highest BCUT2D eigenvalue weighted by molar-refractivity contribution is 7.09. The van der Waals surface area contributed by atoms with Gasteiger partial charge in [-0.15, -0.1) is 11.3 Å². The topological polar surface area (TPSA) is 52.6 Å². The Balaban J connectivity index is 1.53. The monoisotopic (exact) mass is 388 g/mol. The Morgan fingerprint density at radius 2 is 2.08 bits per heavy atom. The minimum Gasteiger partial charge on any atom is -0.496 e. The molecule has 0 fully saturated rings. The summed E-state index contributed by atoms with van der Waals surface area (Å²) in [6, 6.07) is 6.23. The number of thiophene rings is 1.